The van der Waals surface area contributed by atoms with Crippen LogP contribution in [-0.2, 0) is 6.42 Å². The molecule has 1 aromatic carbocycles. The van der Waals surface area contributed by atoms with Crippen LogP contribution in [0.2, 0.25) is 0 Å². The normalized spacial score (nSPS) is 13.4. The zero-order valence-corrected chi connectivity index (χ0v) is 10.6. The number of nitrogens with one attached hydrogen (secondary N) is 1. The standard InChI is InChI=1S/C13H18F3NO/c1-3-11(17-4-2)9-10-5-7-12(8-6-10)18-13(14,15)16/h5-8,11,17H,3-4,9H2,1-2H3. The molecule has 1 N–H and O–H groups in total. The quantitative estimate of drug-likeness (QED) is 0.846. The largest absolute Gasteiger partial charge is 0.573 e. The smallest absolute Gasteiger partial charge is 0.406 e. The van der Waals surface area contributed by atoms with Crippen LogP contribution in [0.15, 0.2) is 24.3 Å². The van der Waals surface area contributed by atoms with Gasteiger partial charge in [-0.25, -0.2) is 0 Å². The first-order chi connectivity index (χ1) is 8.44. The lowest BCUT2D eigenvalue weighted by molar-refractivity contribution is -0.274. The number of benzene rings is 1. The van der Waals surface area contributed by atoms with E-state index in [1.807, 2.05) is 6.92 Å². The minimum Gasteiger partial charge on any atom is -0.406 e. The highest BCUT2D eigenvalue weighted by Crippen LogP contribution is 2.23. The topological polar surface area (TPSA) is 21.3 Å². The number of ether oxygens (including phenoxy) is 1. The molecule has 0 fully saturated rings. The van der Waals surface area contributed by atoms with Crippen molar-refractivity contribution in [2.24, 2.45) is 0 Å². The fourth-order valence-corrected chi connectivity index (χ4v) is 1.76. The van der Waals surface area contributed by atoms with Crippen LogP contribution in [0.1, 0.15) is 25.8 Å². The Kier molecular flexibility index (Phi) is 5.47. The Hall–Kier alpha value is -1.23. The number of rotatable bonds is 6. The molecule has 0 aromatic heterocycles. The average Bonchev–Trinajstić information content (AvgIpc) is 2.29. The van der Waals surface area contributed by atoms with Gasteiger partial charge in [0, 0.05) is 6.04 Å². The van der Waals surface area contributed by atoms with E-state index in [1.54, 1.807) is 12.1 Å². The number of likely N-dealkylation sites (N-methyl/N-ethyl adjacent to an activating group) is 1. The van der Waals surface area contributed by atoms with E-state index in [2.05, 4.69) is 17.0 Å². The highest BCUT2D eigenvalue weighted by molar-refractivity contribution is 5.27. The lowest BCUT2D eigenvalue weighted by Gasteiger charge is -2.16. The summed E-state index contributed by atoms with van der Waals surface area (Å²) in [6, 6.07) is 6.38. The lowest BCUT2D eigenvalue weighted by Crippen LogP contribution is -2.30. The Morgan fingerprint density at radius 2 is 1.78 bits per heavy atom. The minimum absolute atomic E-state index is 0.178. The van der Waals surface area contributed by atoms with Gasteiger partial charge in [0.05, 0.1) is 0 Å². The van der Waals surface area contributed by atoms with Gasteiger partial charge in [0.2, 0.25) is 0 Å². The molecular formula is C13H18F3NO. The molecule has 0 bridgehead atoms. The van der Waals surface area contributed by atoms with Crippen LogP contribution in [0, 0.1) is 0 Å². The van der Waals surface area contributed by atoms with Crippen LogP contribution in [0.3, 0.4) is 0 Å². The average molecular weight is 261 g/mol. The van der Waals surface area contributed by atoms with Crippen molar-refractivity contribution in [1.29, 1.82) is 0 Å². The maximum atomic E-state index is 12.0. The predicted molar refractivity (Wildman–Crippen MR) is 64.6 cm³/mol. The molecule has 1 atom stereocenters. The van der Waals surface area contributed by atoms with Crippen molar-refractivity contribution in [2.75, 3.05) is 6.54 Å². The molecular weight excluding hydrogens is 243 g/mol. The summed E-state index contributed by atoms with van der Waals surface area (Å²) in [4.78, 5) is 0. The Morgan fingerprint density at radius 1 is 1.17 bits per heavy atom. The molecule has 0 aliphatic heterocycles. The molecule has 5 heteroatoms. The van der Waals surface area contributed by atoms with E-state index < -0.39 is 6.36 Å². The van der Waals surface area contributed by atoms with Crippen molar-refractivity contribution in [1.82, 2.24) is 5.32 Å². The van der Waals surface area contributed by atoms with E-state index in [1.165, 1.54) is 12.1 Å². The van der Waals surface area contributed by atoms with Gasteiger partial charge in [-0.2, -0.15) is 0 Å². The summed E-state index contributed by atoms with van der Waals surface area (Å²) in [6.45, 7) is 4.99. The van der Waals surface area contributed by atoms with Crippen LogP contribution in [0.25, 0.3) is 0 Å². The van der Waals surface area contributed by atoms with Crippen LogP contribution < -0.4 is 10.1 Å². The zero-order chi connectivity index (χ0) is 13.6. The highest BCUT2D eigenvalue weighted by Gasteiger charge is 2.30. The van der Waals surface area contributed by atoms with Crippen molar-refractivity contribution in [2.45, 2.75) is 39.1 Å². The molecule has 1 rings (SSSR count). The Bertz CT molecular complexity index is 348. The number of hydrogen-bond acceptors (Lipinski definition) is 2. The van der Waals surface area contributed by atoms with E-state index in [4.69, 9.17) is 0 Å². The summed E-state index contributed by atoms with van der Waals surface area (Å²) < 4.78 is 39.7. The molecule has 0 saturated heterocycles. The molecule has 0 amide bonds. The molecule has 0 aliphatic rings. The second-order valence-electron chi connectivity index (χ2n) is 4.06. The summed E-state index contributed by atoms with van der Waals surface area (Å²) in [6.07, 6.45) is -2.84. The molecule has 0 saturated carbocycles. The summed E-state index contributed by atoms with van der Waals surface area (Å²) in [7, 11) is 0. The third-order valence-electron chi connectivity index (χ3n) is 2.62. The van der Waals surface area contributed by atoms with Crippen molar-refractivity contribution < 1.29 is 17.9 Å². The molecule has 2 nitrogen and oxygen atoms in total. The van der Waals surface area contributed by atoms with Crippen molar-refractivity contribution in [3.8, 4) is 5.75 Å². The van der Waals surface area contributed by atoms with Crippen molar-refractivity contribution >= 4 is 0 Å². The van der Waals surface area contributed by atoms with Crippen LogP contribution in [0.5, 0.6) is 5.75 Å². The molecule has 1 aromatic rings. The number of alkyl halides is 3. The summed E-state index contributed by atoms with van der Waals surface area (Å²) in [5, 5.41) is 3.32. The number of halogens is 3. The number of hydrogen-bond donors (Lipinski definition) is 1. The Morgan fingerprint density at radius 3 is 2.22 bits per heavy atom. The van der Waals surface area contributed by atoms with Crippen molar-refractivity contribution in [3.05, 3.63) is 29.8 Å². The summed E-state index contributed by atoms with van der Waals surface area (Å²) in [5.74, 6) is -0.178. The highest BCUT2D eigenvalue weighted by atomic mass is 19.4. The first-order valence-corrected chi connectivity index (χ1v) is 6.02. The molecule has 0 radical (unpaired) electrons. The third kappa shape index (κ3) is 5.40. The predicted octanol–water partition coefficient (Wildman–Crippen LogP) is 3.52. The molecule has 0 spiro atoms. The second kappa shape index (κ2) is 6.64. The molecule has 1 unspecified atom stereocenters. The minimum atomic E-state index is -4.63. The van der Waals surface area contributed by atoms with Gasteiger partial charge in [0.25, 0.3) is 0 Å². The van der Waals surface area contributed by atoms with Crippen LogP contribution >= 0.6 is 0 Å². The van der Waals surface area contributed by atoms with Gasteiger partial charge < -0.3 is 10.1 Å². The van der Waals surface area contributed by atoms with E-state index >= 15 is 0 Å². The first kappa shape index (κ1) is 14.8. The molecule has 0 aliphatic carbocycles. The van der Waals surface area contributed by atoms with Gasteiger partial charge in [0.1, 0.15) is 5.75 Å². The fourth-order valence-electron chi connectivity index (χ4n) is 1.76. The van der Waals surface area contributed by atoms with Gasteiger partial charge >= 0.3 is 6.36 Å². The maximum Gasteiger partial charge on any atom is 0.573 e. The van der Waals surface area contributed by atoms with E-state index in [0.29, 0.717) is 6.04 Å². The van der Waals surface area contributed by atoms with E-state index in [9.17, 15) is 13.2 Å². The molecule has 102 valence electrons. The molecule has 18 heavy (non-hydrogen) atoms. The van der Waals surface area contributed by atoms with Gasteiger partial charge in [0.15, 0.2) is 0 Å². The zero-order valence-electron chi connectivity index (χ0n) is 10.6. The lowest BCUT2D eigenvalue weighted by atomic mass is 10.0. The molecule has 0 heterocycles. The van der Waals surface area contributed by atoms with Crippen LogP contribution in [-0.4, -0.2) is 18.9 Å². The van der Waals surface area contributed by atoms with Gasteiger partial charge in [-0.3, -0.25) is 0 Å². The second-order valence-corrected chi connectivity index (χ2v) is 4.06. The van der Waals surface area contributed by atoms with Gasteiger partial charge in [-0.15, -0.1) is 13.2 Å². The van der Waals surface area contributed by atoms with Gasteiger partial charge in [-0.05, 0) is 37.1 Å². The monoisotopic (exact) mass is 261 g/mol. The fraction of sp³-hybridized carbons (Fsp3) is 0.538. The Balaban J connectivity index is 2.59. The van der Waals surface area contributed by atoms with E-state index in [0.717, 1.165) is 24.9 Å². The van der Waals surface area contributed by atoms with E-state index in [-0.39, 0.29) is 5.75 Å². The maximum absolute atomic E-state index is 12.0. The summed E-state index contributed by atoms with van der Waals surface area (Å²) >= 11 is 0. The van der Waals surface area contributed by atoms with Crippen LogP contribution in [0.4, 0.5) is 13.2 Å². The third-order valence-corrected chi connectivity index (χ3v) is 2.62. The summed E-state index contributed by atoms with van der Waals surface area (Å²) in [5.41, 5.74) is 0.998. The Labute approximate surface area is 105 Å². The first-order valence-electron chi connectivity index (χ1n) is 6.02. The van der Waals surface area contributed by atoms with Gasteiger partial charge in [-0.1, -0.05) is 26.0 Å². The SMILES string of the molecule is CCNC(CC)Cc1ccc(OC(F)(F)F)cc1. The van der Waals surface area contributed by atoms with Crippen molar-refractivity contribution in [3.63, 3.8) is 0 Å².